The molecule has 23 heavy (non-hydrogen) atoms. The van der Waals surface area contributed by atoms with Crippen molar-refractivity contribution in [3.05, 3.63) is 39.0 Å². The Kier molecular flexibility index (Phi) is 3.82. The SMILES string of the molecule is C=C(I)[C@H]1CCC2C3CCc4cc(O)cc(C)c4C3CC[C@@]21C. The van der Waals surface area contributed by atoms with E-state index in [9.17, 15) is 5.11 Å². The number of hydrogen-bond donors (Lipinski definition) is 1. The van der Waals surface area contributed by atoms with E-state index >= 15 is 0 Å². The van der Waals surface area contributed by atoms with Crippen molar-refractivity contribution in [2.75, 3.05) is 0 Å². The molecule has 0 aliphatic heterocycles. The van der Waals surface area contributed by atoms with Gasteiger partial charge in [-0.3, -0.25) is 0 Å². The first-order valence-electron chi connectivity index (χ1n) is 9.08. The Labute approximate surface area is 153 Å². The quantitative estimate of drug-likeness (QED) is 0.541. The van der Waals surface area contributed by atoms with E-state index in [1.54, 1.807) is 5.56 Å². The van der Waals surface area contributed by atoms with Crippen LogP contribution in [-0.4, -0.2) is 5.11 Å². The summed E-state index contributed by atoms with van der Waals surface area (Å²) in [5, 5.41) is 9.94. The molecule has 3 aliphatic rings. The van der Waals surface area contributed by atoms with Crippen molar-refractivity contribution >= 4 is 22.6 Å². The number of halogens is 1. The molecule has 0 amide bonds. The Balaban J connectivity index is 1.72. The van der Waals surface area contributed by atoms with Gasteiger partial charge in [0, 0.05) is 0 Å². The fourth-order valence-corrected chi connectivity index (χ4v) is 7.50. The molecule has 124 valence electrons. The monoisotopic (exact) mass is 422 g/mol. The van der Waals surface area contributed by atoms with E-state index in [1.165, 1.54) is 46.8 Å². The maximum absolute atomic E-state index is 9.94. The van der Waals surface area contributed by atoms with E-state index in [0.29, 0.717) is 11.2 Å². The lowest BCUT2D eigenvalue weighted by Gasteiger charge is -2.51. The Morgan fingerprint density at radius 3 is 2.78 bits per heavy atom. The highest BCUT2D eigenvalue weighted by atomic mass is 127. The van der Waals surface area contributed by atoms with Crippen LogP contribution in [0.15, 0.2) is 22.3 Å². The van der Waals surface area contributed by atoms with Crippen molar-refractivity contribution in [3.63, 3.8) is 0 Å². The van der Waals surface area contributed by atoms with Gasteiger partial charge in [-0.1, -0.05) is 13.5 Å². The molecular formula is C21H27IO. The number of aromatic hydroxyl groups is 1. The van der Waals surface area contributed by atoms with Crippen LogP contribution in [0.5, 0.6) is 5.75 Å². The second-order valence-corrected chi connectivity index (χ2v) is 9.76. The predicted octanol–water partition coefficient (Wildman–Crippen LogP) is 6.12. The molecule has 5 atom stereocenters. The number of allylic oxidation sites excluding steroid dienone is 1. The molecule has 2 fully saturated rings. The van der Waals surface area contributed by atoms with Gasteiger partial charge in [0.15, 0.2) is 0 Å². The summed E-state index contributed by atoms with van der Waals surface area (Å²) in [4.78, 5) is 0. The van der Waals surface area contributed by atoms with Gasteiger partial charge in [-0.05, 0) is 130 Å². The minimum atomic E-state index is 0.447. The molecule has 4 rings (SSSR count). The molecular weight excluding hydrogens is 395 g/mol. The second-order valence-electron chi connectivity index (χ2n) is 8.37. The van der Waals surface area contributed by atoms with Crippen LogP contribution in [0.3, 0.4) is 0 Å². The normalized spacial score (nSPS) is 38.6. The number of hydrogen-bond acceptors (Lipinski definition) is 1. The summed E-state index contributed by atoms with van der Waals surface area (Å²) in [7, 11) is 0. The van der Waals surface area contributed by atoms with Crippen LogP contribution in [0.4, 0.5) is 0 Å². The molecule has 1 aromatic rings. The molecule has 2 saturated carbocycles. The summed E-state index contributed by atoms with van der Waals surface area (Å²) in [6.07, 6.45) is 7.84. The van der Waals surface area contributed by atoms with Crippen molar-refractivity contribution in [1.29, 1.82) is 0 Å². The molecule has 3 aliphatic carbocycles. The Morgan fingerprint density at radius 2 is 2.04 bits per heavy atom. The fraction of sp³-hybridized carbons (Fsp3) is 0.619. The van der Waals surface area contributed by atoms with Crippen LogP contribution in [0.1, 0.15) is 61.6 Å². The van der Waals surface area contributed by atoms with Crippen molar-refractivity contribution in [1.82, 2.24) is 0 Å². The molecule has 0 radical (unpaired) electrons. The van der Waals surface area contributed by atoms with Gasteiger partial charge in [0.25, 0.3) is 0 Å². The lowest BCUT2D eigenvalue weighted by atomic mass is 9.54. The van der Waals surface area contributed by atoms with Crippen molar-refractivity contribution in [2.45, 2.75) is 58.3 Å². The second kappa shape index (κ2) is 5.50. The van der Waals surface area contributed by atoms with E-state index in [0.717, 1.165) is 30.1 Å². The van der Waals surface area contributed by atoms with Crippen molar-refractivity contribution < 1.29 is 5.11 Å². The zero-order valence-corrected chi connectivity index (χ0v) is 16.4. The van der Waals surface area contributed by atoms with Gasteiger partial charge in [0.2, 0.25) is 0 Å². The molecule has 0 bridgehead atoms. The number of rotatable bonds is 1. The van der Waals surface area contributed by atoms with E-state index in [-0.39, 0.29) is 0 Å². The van der Waals surface area contributed by atoms with E-state index in [4.69, 9.17) is 0 Å². The third-order valence-corrected chi connectivity index (χ3v) is 8.14. The number of phenols is 1. The molecule has 0 saturated heterocycles. The first-order chi connectivity index (χ1) is 10.9. The maximum Gasteiger partial charge on any atom is 0.116 e. The van der Waals surface area contributed by atoms with Crippen LogP contribution in [0, 0.1) is 30.1 Å². The van der Waals surface area contributed by atoms with Gasteiger partial charge >= 0.3 is 0 Å². The third-order valence-electron chi connectivity index (χ3n) is 7.39. The molecule has 0 aromatic heterocycles. The van der Waals surface area contributed by atoms with E-state index in [1.807, 2.05) is 12.1 Å². The largest absolute Gasteiger partial charge is 0.508 e. The van der Waals surface area contributed by atoms with Gasteiger partial charge in [-0.15, -0.1) is 0 Å². The van der Waals surface area contributed by atoms with Crippen molar-refractivity contribution in [3.8, 4) is 5.75 Å². The molecule has 2 heteroatoms. The summed E-state index contributed by atoms with van der Waals surface area (Å²) < 4.78 is 1.38. The molecule has 1 aromatic carbocycles. The average molecular weight is 422 g/mol. The zero-order valence-electron chi connectivity index (χ0n) is 14.2. The summed E-state index contributed by atoms with van der Waals surface area (Å²) in [5.74, 6) is 3.59. The summed E-state index contributed by atoms with van der Waals surface area (Å²) >= 11 is 2.48. The Hall–Kier alpha value is -0.510. The lowest BCUT2D eigenvalue weighted by molar-refractivity contribution is 0.0404. The smallest absolute Gasteiger partial charge is 0.116 e. The summed E-state index contributed by atoms with van der Waals surface area (Å²) in [6.45, 7) is 9.04. The first-order valence-corrected chi connectivity index (χ1v) is 10.2. The van der Waals surface area contributed by atoms with Crippen LogP contribution in [0.25, 0.3) is 0 Å². The average Bonchev–Trinajstić information content (AvgIpc) is 2.83. The Morgan fingerprint density at radius 1 is 1.26 bits per heavy atom. The number of fused-ring (bicyclic) bond motifs is 5. The molecule has 0 heterocycles. The minimum absolute atomic E-state index is 0.447. The highest BCUT2D eigenvalue weighted by Crippen LogP contribution is 2.64. The van der Waals surface area contributed by atoms with Crippen LogP contribution >= 0.6 is 22.6 Å². The van der Waals surface area contributed by atoms with Crippen molar-refractivity contribution in [2.24, 2.45) is 23.2 Å². The number of benzene rings is 1. The molecule has 0 spiro atoms. The van der Waals surface area contributed by atoms with Crippen LogP contribution < -0.4 is 0 Å². The van der Waals surface area contributed by atoms with Gasteiger partial charge in [-0.25, -0.2) is 0 Å². The first kappa shape index (κ1) is 16.0. The summed E-state index contributed by atoms with van der Waals surface area (Å²) in [5.41, 5.74) is 4.78. The molecule has 1 N–H and O–H groups in total. The van der Waals surface area contributed by atoms with Gasteiger partial charge in [0.1, 0.15) is 5.75 Å². The Bertz CT molecular complexity index is 664. The fourth-order valence-electron chi connectivity index (χ4n) is 6.47. The molecule has 1 nitrogen and oxygen atoms in total. The number of phenolic OH excluding ortho intramolecular Hbond substituents is 1. The lowest BCUT2D eigenvalue weighted by Crippen LogP contribution is -2.42. The van der Waals surface area contributed by atoms with Crippen LogP contribution in [-0.2, 0) is 6.42 Å². The molecule has 3 unspecified atom stereocenters. The van der Waals surface area contributed by atoms with E-state index in [2.05, 4.69) is 43.0 Å². The maximum atomic E-state index is 9.94. The minimum Gasteiger partial charge on any atom is -0.508 e. The predicted molar refractivity (Wildman–Crippen MR) is 104 cm³/mol. The zero-order chi connectivity index (χ0) is 16.4. The topological polar surface area (TPSA) is 20.2 Å². The highest BCUT2D eigenvalue weighted by molar-refractivity contribution is 14.1. The van der Waals surface area contributed by atoms with Gasteiger partial charge in [-0.2, -0.15) is 0 Å². The third kappa shape index (κ3) is 2.31. The van der Waals surface area contributed by atoms with Gasteiger partial charge in [0.05, 0.1) is 0 Å². The number of aryl methyl sites for hydroxylation is 2. The van der Waals surface area contributed by atoms with E-state index < -0.39 is 0 Å². The summed E-state index contributed by atoms with van der Waals surface area (Å²) in [6, 6.07) is 4.00. The standard InChI is InChI=1S/C21H27IO/c1-12-10-15(23)11-14-4-5-16-17(20(12)14)8-9-21(3)18(13(2)22)6-7-19(16)21/h10-11,16-19,23H,2,4-9H2,1,3H3/t16?,17?,18-,19?,21-/m1/s1. The van der Waals surface area contributed by atoms with Crippen LogP contribution in [0.2, 0.25) is 0 Å². The highest BCUT2D eigenvalue weighted by Gasteiger charge is 2.55. The van der Waals surface area contributed by atoms with Gasteiger partial charge < -0.3 is 5.11 Å².